The van der Waals surface area contributed by atoms with Crippen LogP contribution >= 0.6 is 12.6 Å². The highest BCUT2D eigenvalue weighted by Crippen LogP contribution is 2.20. The van der Waals surface area contributed by atoms with Gasteiger partial charge in [-0.25, -0.2) is 0 Å². The van der Waals surface area contributed by atoms with Gasteiger partial charge < -0.3 is 5.32 Å². The van der Waals surface area contributed by atoms with Crippen LogP contribution in [0.1, 0.15) is 5.56 Å². The van der Waals surface area contributed by atoms with Gasteiger partial charge in [0.15, 0.2) is 0 Å². The number of thiol groups is 1. The summed E-state index contributed by atoms with van der Waals surface area (Å²) in [5.41, 5.74) is 2.47. The number of rotatable bonds is 3. The quantitative estimate of drug-likeness (QED) is 0.750. The summed E-state index contributed by atoms with van der Waals surface area (Å²) in [5, 5.41) is 5.90. The van der Waals surface area contributed by atoms with E-state index in [-0.39, 0.29) is 0 Å². The van der Waals surface area contributed by atoms with Crippen LogP contribution in [0.5, 0.6) is 0 Å². The third kappa shape index (κ3) is 2.45. The Morgan fingerprint density at radius 1 is 1.07 bits per heavy atom. The number of benzene rings is 2. The summed E-state index contributed by atoms with van der Waals surface area (Å²) in [6.45, 7) is 3.02. The van der Waals surface area contributed by atoms with Gasteiger partial charge in [-0.1, -0.05) is 29.8 Å². The van der Waals surface area contributed by atoms with Crippen LogP contribution in [0.25, 0.3) is 10.8 Å². The summed E-state index contributed by atoms with van der Waals surface area (Å²) in [6, 6.07) is 13.0. The number of aryl methyl sites for hydroxylation is 1. The standard InChI is InChI=1S/C13H15NS/c1-10-2-3-12-9-13(14-6-7-15)5-4-11(12)8-10/h2-5,8-9,14-15H,6-7H2,1H3. The average Bonchev–Trinajstić information content (AvgIpc) is 2.26. The summed E-state index contributed by atoms with van der Waals surface area (Å²) in [5.74, 6) is 0.853. The molecule has 0 unspecified atom stereocenters. The predicted octanol–water partition coefficient (Wildman–Crippen LogP) is 3.49. The predicted molar refractivity (Wildman–Crippen MR) is 71.0 cm³/mol. The SMILES string of the molecule is Cc1ccc2cc(NCCS)ccc2c1. The summed E-state index contributed by atoms with van der Waals surface area (Å²) in [6.07, 6.45) is 0. The Labute approximate surface area is 95.9 Å². The van der Waals surface area contributed by atoms with Crippen LogP contribution in [0.15, 0.2) is 36.4 Å². The minimum absolute atomic E-state index is 0.853. The van der Waals surface area contributed by atoms with Crippen LogP contribution in [0.4, 0.5) is 5.69 Å². The molecule has 0 radical (unpaired) electrons. The van der Waals surface area contributed by atoms with Gasteiger partial charge in [0.1, 0.15) is 0 Å². The molecule has 0 aliphatic heterocycles. The van der Waals surface area contributed by atoms with E-state index in [2.05, 4.69) is 61.3 Å². The van der Waals surface area contributed by atoms with Crippen LogP contribution in [0, 0.1) is 6.92 Å². The van der Waals surface area contributed by atoms with Gasteiger partial charge in [0, 0.05) is 18.0 Å². The van der Waals surface area contributed by atoms with Gasteiger partial charge in [-0.05, 0) is 29.8 Å². The molecule has 0 saturated carbocycles. The molecule has 0 amide bonds. The fourth-order valence-corrected chi connectivity index (χ4v) is 1.79. The molecule has 0 saturated heterocycles. The molecule has 2 aromatic carbocycles. The van der Waals surface area contributed by atoms with Crippen molar-refractivity contribution in [1.82, 2.24) is 0 Å². The molecule has 1 nitrogen and oxygen atoms in total. The lowest BCUT2D eigenvalue weighted by Gasteiger charge is -2.06. The molecule has 0 aromatic heterocycles. The van der Waals surface area contributed by atoms with Crippen molar-refractivity contribution in [2.24, 2.45) is 0 Å². The van der Waals surface area contributed by atoms with E-state index in [0.29, 0.717) is 0 Å². The van der Waals surface area contributed by atoms with Gasteiger partial charge in [0.05, 0.1) is 0 Å². The second-order valence-corrected chi connectivity index (χ2v) is 4.16. The minimum Gasteiger partial charge on any atom is -0.384 e. The number of nitrogens with one attached hydrogen (secondary N) is 1. The third-order valence-corrected chi connectivity index (χ3v) is 2.66. The van der Waals surface area contributed by atoms with Crippen molar-refractivity contribution in [2.45, 2.75) is 6.92 Å². The van der Waals surface area contributed by atoms with E-state index >= 15 is 0 Å². The summed E-state index contributed by atoms with van der Waals surface area (Å²) in [7, 11) is 0. The lowest BCUT2D eigenvalue weighted by Crippen LogP contribution is -2.01. The van der Waals surface area contributed by atoms with Gasteiger partial charge in [-0.2, -0.15) is 12.6 Å². The highest BCUT2D eigenvalue weighted by atomic mass is 32.1. The minimum atomic E-state index is 0.853. The number of hydrogen-bond acceptors (Lipinski definition) is 2. The van der Waals surface area contributed by atoms with Crippen LogP contribution in [0.3, 0.4) is 0 Å². The van der Waals surface area contributed by atoms with Crippen molar-refractivity contribution in [3.8, 4) is 0 Å². The van der Waals surface area contributed by atoms with Crippen LogP contribution in [-0.4, -0.2) is 12.3 Å². The zero-order chi connectivity index (χ0) is 10.7. The molecule has 0 aliphatic carbocycles. The number of anilines is 1. The summed E-state index contributed by atoms with van der Waals surface area (Å²) < 4.78 is 0. The highest BCUT2D eigenvalue weighted by Gasteiger charge is 1.96. The molecular formula is C13H15NS. The van der Waals surface area contributed by atoms with Gasteiger partial charge in [-0.15, -0.1) is 0 Å². The zero-order valence-corrected chi connectivity index (χ0v) is 9.72. The van der Waals surface area contributed by atoms with Gasteiger partial charge in [-0.3, -0.25) is 0 Å². The Bertz CT molecular complexity index is 465. The average molecular weight is 217 g/mol. The first-order chi connectivity index (χ1) is 7.29. The number of hydrogen-bond donors (Lipinski definition) is 2. The van der Waals surface area contributed by atoms with E-state index in [1.165, 1.54) is 22.0 Å². The van der Waals surface area contributed by atoms with Crippen molar-refractivity contribution in [3.05, 3.63) is 42.0 Å². The highest BCUT2D eigenvalue weighted by molar-refractivity contribution is 7.80. The Hall–Kier alpha value is -1.15. The summed E-state index contributed by atoms with van der Waals surface area (Å²) in [4.78, 5) is 0. The lowest BCUT2D eigenvalue weighted by atomic mass is 10.1. The van der Waals surface area contributed by atoms with E-state index < -0.39 is 0 Å². The van der Waals surface area contributed by atoms with Crippen LogP contribution in [-0.2, 0) is 0 Å². The van der Waals surface area contributed by atoms with E-state index in [1.54, 1.807) is 0 Å². The Kier molecular flexibility index (Phi) is 3.17. The first-order valence-electron chi connectivity index (χ1n) is 5.15. The first kappa shape index (κ1) is 10.4. The molecule has 2 aromatic rings. The number of fused-ring (bicyclic) bond motifs is 1. The molecule has 0 atom stereocenters. The topological polar surface area (TPSA) is 12.0 Å². The maximum absolute atomic E-state index is 4.18. The molecule has 2 rings (SSSR count). The fourth-order valence-electron chi connectivity index (χ4n) is 1.68. The monoisotopic (exact) mass is 217 g/mol. The van der Waals surface area contributed by atoms with Gasteiger partial charge in [0.25, 0.3) is 0 Å². The fraction of sp³-hybridized carbons (Fsp3) is 0.231. The Balaban J connectivity index is 2.34. The van der Waals surface area contributed by atoms with E-state index in [9.17, 15) is 0 Å². The van der Waals surface area contributed by atoms with Crippen LogP contribution < -0.4 is 5.32 Å². The molecule has 15 heavy (non-hydrogen) atoms. The smallest absolute Gasteiger partial charge is 0.0346 e. The van der Waals surface area contributed by atoms with E-state index in [0.717, 1.165) is 12.3 Å². The lowest BCUT2D eigenvalue weighted by molar-refractivity contribution is 1.24. The molecule has 0 aliphatic rings. The molecule has 0 spiro atoms. The normalized spacial score (nSPS) is 10.5. The van der Waals surface area contributed by atoms with E-state index in [4.69, 9.17) is 0 Å². The van der Waals surface area contributed by atoms with Crippen molar-refractivity contribution < 1.29 is 0 Å². The molecule has 0 bridgehead atoms. The molecular weight excluding hydrogens is 202 g/mol. The maximum atomic E-state index is 4.18. The largest absolute Gasteiger partial charge is 0.384 e. The van der Waals surface area contributed by atoms with Crippen molar-refractivity contribution in [2.75, 3.05) is 17.6 Å². The second-order valence-electron chi connectivity index (χ2n) is 3.72. The second kappa shape index (κ2) is 4.58. The molecule has 78 valence electrons. The molecule has 0 fully saturated rings. The van der Waals surface area contributed by atoms with Gasteiger partial charge >= 0.3 is 0 Å². The van der Waals surface area contributed by atoms with E-state index in [1.807, 2.05) is 0 Å². The van der Waals surface area contributed by atoms with Crippen molar-refractivity contribution in [3.63, 3.8) is 0 Å². The third-order valence-electron chi connectivity index (χ3n) is 2.44. The molecule has 0 heterocycles. The Morgan fingerprint density at radius 3 is 2.60 bits per heavy atom. The zero-order valence-electron chi connectivity index (χ0n) is 8.83. The first-order valence-corrected chi connectivity index (χ1v) is 5.78. The summed E-state index contributed by atoms with van der Waals surface area (Å²) >= 11 is 4.18. The Morgan fingerprint density at radius 2 is 1.80 bits per heavy atom. The van der Waals surface area contributed by atoms with Crippen molar-refractivity contribution >= 4 is 29.1 Å². The van der Waals surface area contributed by atoms with Crippen molar-refractivity contribution in [1.29, 1.82) is 0 Å². The molecule has 2 heteroatoms. The maximum Gasteiger partial charge on any atom is 0.0346 e. The van der Waals surface area contributed by atoms with Crippen LogP contribution in [0.2, 0.25) is 0 Å². The van der Waals surface area contributed by atoms with Gasteiger partial charge in [0.2, 0.25) is 0 Å². The molecule has 1 N–H and O–H groups in total.